The van der Waals surface area contributed by atoms with E-state index < -0.39 is 0 Å². The number of nitrogens with two attached hydrogens (primary N) is 1. The van der Waals surface area contributed by atoms with Crippen molar-refractivity contribution in [2.75, 3.05) is 19.5 Å². The van der Waals surface area contributed by atoms with Gasteiger partial charge in [-0.25, -0.2) is 0 Å². The maximum absolute atomic E-state index is 6.03. The summed E-state index contributed by atoms with van der Waals surface area (Å²) in [5.74, 6) is 1.28. The first-order valence-corrected chi connectivity index (χ1v) is 6.92. The zero-order valence-electron chi connectivity index (χ0n) is 11.6. The molecule has 0 bridgehead atoms. The highest BCUT2D eigenvalue weighted by molar-refractivity contribution is 7.80. The third-order valence-corrected chi connectivity index (χ3v) is 3.36. The summed E-state index contributed by atoms with van der Waals surface area (Å²) in [6.07, 6.45) is 0. The molecule has 2 aromatic rings. The number of benzene rings is 2. The average molecular weight is 323 g/mol. The summed E-state index contributed by atoms with van der Waals surface area (Å²) in [5.41, 5.74) is 8.00. The van der Waals surface area contributed by atoms with Gasteiger partial charge in [-0.1, -0.05) is 23.8 Å². The molecule has 0 heterocycles. The minimum Gasteiger partial charge on any atom is -0.493 e. The molecule has 0 unspecified atom stereocenters. The minimum atomic E-state index is 0.301. The molecule has 2 aromatic carbocycles. The molecule has 0 saturated carbocycles. The molecule has 0 fully saturated rings. The Bertz CT molecular complexity index is 677. The van der Waals surface area contributed by atoms with Gasteiger partial charge in [0.2, 0.25) is 0 Å². The summed E-state index contributed by atoms with van der Waals surface area (Å²) in [6, 6.07) is 10.8. The summed E-state index contributed by atoms with van der Waals surface area (Å²) in [7, 11) is 3.17. The van der Waals surface area contributed by atoms with E-state index in [9.17, 15) is 0 Å². The SMILES string of the molecule is COc1ccc(Nc2cc(Cl)ccc2C(N)=S)cc1OC. The van der Waals surface area contributed by atoms with Gasteiger partial charge in [0.1, 0.15) is 4.99 Å². The normalized spacial score (nSPS) is 10.0. The molecule has 6 heteroatoms. The molecule has 0 radical (unpaired) electrons. The van der Waals surface area contributed by atoms with Gasteiger partial charge in [0.05, 0.1) is 19.9 Å². The second kappa shape index (κ2) is 6.65. The van der Waals surface area contributed by atoms with Crippen LogP contribution in [0.5, 0.6) is 11.5 Å². The van der Waals surface area contributed by atoms with Gasteiger partial charge in [-0.05, 0) is 30.3 Å². The van der Waals surface area contributed by atoms with Gasteiger partial charge in [0.15, 0.2) is 11.5 Å². The first kappa shape index (κ1) is 15.4. The van der Waals surface area contributed by atoms with Crippen LogP contribution in [-0.4, -0.2) is 19.2 Å². The second-order valence-electron chi connectivity index (χ2n) is 4.25. The Labute approximate surface area is 133 Å². The van der Waals surface area contributed by atoms with Crippen molar-refractivity contribution in [3.05, 3.63) is 47.0 Å². The lowest BCUT2D eigenvalue weighted by Gasteiger charge is -2.14. The van der Waals surface area contributed by atoms with Crippen LogP contribution in [0.3, 0.4) is 0 Å². The van der Waals surface area contributed by atoms with Crippen LogP contribution in [0, 0.1) is 0 Å². The first-order valence-electron chi connectivity index (χ1n) is 6.13. The van der Waals surface area contributed by atoms with Crippen LogP contribution in [-0.2, 0) is 0 Å². The van der Waals surface area contributed by atoms with Gasteiger partial charge in [-0.15, -0.1) is 0 Å². The molecular weight excluding hydrogens is 308 g/mol. The van der Waals surface area contributed by atoms with E-state index in [1.54, 1.807) is 32.4 Å². The first-order chi connectivity index (χ1) is 10.0. The van der Waals surface area contributed by atoms with Crippen LogP contribution in [0.4, 0.5) is 11.4 Å². The van der Waals surface area contributed by atoms with Gasteiger partial charge < -0.3 is 20.5 Å². The standard InChI is InChI=1S/C15H15ClN2O2S/c1-19-13-6-4-10(8-14(13)20-2)18-12-7-9(16)3-5-11(12)15(17)21/h3-8,18H,1-2H3,(H2,17,21). The smallest absolute Gasteiger partial charge is 0.162 e. The number of anilines is 2. The highest BCUT2D eigenvalue weighted by atomic mass is 35.5. The molecule has 21 heavy (non-hydrogen) atoms. The number of hydrogen-bond donors (Lipinski definition) is 2. The molecule has 0 atom stereocenters. The van der Waals surface area contributed by atoms with E-state index in [4.69, 9.17) is 39.0 Å². The third kappa shape index (κ3) is 3.56. The molecule has 0 saturated heterocycles. The molecule has 0 spiro atoms. The van der Waals surface area contributed by atoms with Gasteiger partial charge in [-0.2, -0.15) is 0 Å². The summed E-state index contributed by atoms with van der Waals surface area (Å²) in [6.45, 7) is 0. The number of methoxy groups -OCH3 is 2. The van der Waals surface area contributed by atoms with Crippen LogP contribution in [0.2, 0.25) is 5.02 Å². The van der Waals surface area contributed by atoms with E-state index in [2.05, 4.69) is 5.32 Å². The number of halogens is 1. The minimum absolute atomic E-state index is 0.301. The number of nitrogens with one attached hydrogen (secondary N) is 1. The fourth-order valence-electron chi connectivity index (χ4n) is 1.90. The lowest BCUT2D eigenvalue weighted by atomic mass is 10.1. The van der Waals surface area contributed by atoms with Crippen molar-refractivity contribution < 1.29 is 9.47 Å². The van der Waals surface area contributed by atoms with Crippen molar-refractivity contribution >= 4 is 40.2 Å². The Balaban J connectivity index is 2.38. The molecule has 4 nitrogen and oxygen atoms in total. The Morgan fingerprint density at radius 2 is 1.81 bits per heavy atom. The zero-order chi connectivity index (χ0) is 15.4. The monoisotopic (exact) mass is 322 g/mol. The van der Waals surface area contributed by atoms with Crippen LogP contribution >= 0.6 is 23.8 Å². The third-order valence-electron chi connectivity index (χ3n) is 2.91. The lowest BCUT2D eigenvalue weighted by Crippen LogP contribution is -2.11. The van der Waals surface area contributed by atoms with Gasteiger partial charge >= 0.3 is 0 Å². The van der Waals surface area contributed by atoms with Gasteiger partial charge in [0, 0.05) is 22.3 Å². The van der Waals surface area contributed by atoms with E-state index >= 15 is 0 Å². The van der Waals surface area contributed by atoms with E-state index in [1.165, 1.54) is 0 Å². The molecule has 0 aliphatic rings. The Morgan fingerprint density at radius 1 is 1.10 bits per heavy atom. The zero-order valence-corrected chi connectivity index (χ0v) is 13.2. The van der Waals surface area contributed by atoms with Crippen molar-refractivity contribution in [3.63, 3.8) is 0 Å². The van der Waals surface area contributed by atoms with Crippen molar-refractivity contribution in [3.8, 4) is 11.5 Å². The van der Waals surface area contributed by atoms with Crippen LogP contribution in [0.1, 0.15) is 5.56 Å². The number of ether oxygens (including phenoxy) is 2. The summed E-state index contributed by atoms with van der Waals surface area (Å²) < 4.78 is 10.5. The van der Waals surface area contributed by atoms with E-state index in [1.807, 2.05) is 18.2 Å². The topological polar surface area (TPSA) is 56.5 Å². The van der Waals surface area contributed by atoms with Gasteiger partial charge in [0.25, 0.3) is 0 Å². The number of thiocarbonyl (C=S) groups is 1. The molecule has 3 N–H and O–H groups in total. The lowest BCUT2D eigenvalue weighted by molar-refractivity contribution is 0.355. The summed E-state index contributed by atoms with van der Waals surface area (Å²) in [4.78, 5) is 0.301. The number of hydrogen-bond acceptors (Lipinski definition) is 4. The summed E-state index contributed by atoms with van der Waals surface area (Å²) >= 11 is 11.1. The molecule has 0 amide bonds. The maximum Gasteiger partial charge on any atom is 0.162 e. The predicted octanol–water partition coefficient (Wildman–Crippen LogP) is 3.74. The molecule has 2 rings (SSSR count). The maximum atomic E-state index is 6.03. The van der Waals surface area contributed by atoms with E-state index in [0.717, 1.165) is 16.9 Å². The number of rotatable bonds is 5. The van der Waals surface area contributed by atoms with Crippen molar-refractivity contribution in [1.29, 1.82) is 0 Å². The van der Waals surface area contributed by atoms with Crippen molar-refractivity contribution in [2.45, 2.75) is 0 Å². The highest BCUT2D eigenvalue weighted by Crippen LogP contribution is 2.32. The predicted molar refractivity (Wildman–Crippen MR) is 90.2 cm³/mol. The molecule has 0 aromatic heterocycles. The fraction of sp³-hybridized carbons (Fsp3) is 0.133. The summed E-state index contributed by atoms with van der Waals surface area (Å²) in [5, 5.41) is 3.83. The van der Waals surface area contributed by atoms with Crippen LogP contribution < -0.4 is 20.5 Å². The second-order valence-corrected chi connectivity index (χ2v) is 5.13. The van der Waals surface area contributed by atoms with Crippen LogP contribution in [0.25, 0.3) is 0 Å². The molecule has 110 valence electrons. The van der Waals surface area contributed by atoms with Crippen molar-refractivity contribution in [1.82, 2.24) is 0 Å². The largest absolute Gasteiger partial charge is 0.493 e. The van der Waals surface area contributed by atoms with Crippen molar-refractivity contribution in [2.24, 2.45) is 5.73 Å². The average Bonchev–Trinajstić information content (AvgIpc) is 2.46. The molecule has 0 aliphatic heterocycles. The molecular formula is C15H15ClN2O2S. The van der Waals surface area contributed by atoms with Crippen LogP contribution in [0.15, 0.2) is 36.4 Å². The highest BCUT2D eigenvalue weighted by Gasteiger charge is 2.09. The van der Waals surface area contributed by atoms with Gasteiger partial charge in [-0.3, -0.25) is 0 Å². The van der Waals surface area contributed by atoms with E-state index in [0.29, 0.717) is 21.5 Å². The Kier molecular flexibility index (Phi) is 4.88. The van der Waals surface area contributed by atoms with E-state index in [-0.39, 0.29) is 0 Å². The molecule has 0 aliphatic carbocycles. The quantitative estimate of drug-likeness (QED) is 0.821. The Morgan fingerprint density at radius 3 is 2.43 bits per heavy atom. The fourth-order valence-corrected chi connectivity index (χ4v) is 2.25. The Hall–Kier alpha value is -1.98.